The van der Waals surface area contributed by atoms with Crippen molar-refractivity contribution in [1.82, 2.24) is 4.72 Å². The highest BCUT2D eigenvalue weighted by Gasteiger charge is 2.21. The van der Waals surface area contributed by atoms with Gasteiger partial charge in [-0.05, 0) is 61.6 Å². The van der Waals surface area contributed by atoms with Crippen molar-refractivity contribution >= 4 is 21.6 Å². The Hall–Kier alpha value is -2.18. The van der Waals surface area contributed by atoms with Crippen LogP contribution in [0.3, 0.4) is 0 Å². The second-order valence-corrected chi connectivity index (χ2v) is 8.13. The lowest BCUT2D eigenvalue weighted by atomic mass is 10.0. The number of sulfonamides is 1. The number of benzene rings is 2. The van der Waals surface area contributed by atoms with Gasteiger partial charge in [-0.15, -0.1) is 0 Å². The summed E-state index contributed by atoms with van der Waals surface area (Å²) >= 11 is 0. The van der Waals surface area contributed by atoms with Crippen LogP contribution >= 0.6 is 0 Å². The third-order valence-electron chi connectivity index (χ3n) is 4.50. The maximum Gasteiger partial charge on any atom is 0.241 e. The van der Waals surface area contributed by atoms with Gasteiger partial charge in [-0.3, -0.25) is 4.79 Å². The summed E-state index contributed by atoms with van der Waals surface area (Å²) in [5, 5.41) is 2.82. The Kier molecular flexibility index (Phi) is 4.92. The van der Waals surface area contributed by atoms with Crippen LogP contribution in [0.5, 0.6) is 0 Å². The zero-order valence-electron chi connectivity index (χ0n) is 14.4. The molecule has 132 valence electrons. The van der Waals surface area contributed by atoms with Crippen LogP contribution in [0.4, 0.5) is 5.69 Å². The molecule has 0 saturated heterocycles. The molecule has 1 atom stereocenters. The van der Waals surface area contributed by atoms with E-state index in [9.17, 15) is 13.2 Å². The number of anilines is 1. The fourth-order valence-corrected chi connectivity index (χ4v) is 4.43. The number of carbonyl (C=O) groups excluding carboxylic acids is 1. The van der Waals surface area contributed by atoms with Gasteiger partial charge >= 0.3 is 0 Å². The molecule has 1 unspecified atom stereocenters. The monoisotopic (exact) mass is 358 g/mol. The van der Waals surface area contributed by atoms with E-state index < -0.39 is 10.0 Å². The molecular weight excluding hydrogens is 336 g/mol. The van der Waals surface area contributed by atoms with Gasteiger partial charge in [0, 0.05) is 18.2 Å². The molecule has 5 nitrogen and oxygen atoms in total. The Balaban J connectivity index is 1.86. The van der Waals surface area contributed by atoms with Crippen molar-refractivity contribution in [3.63, 3.8) is 0 Å². The quantitative estimate of drug-likeness (QED) is 0.880. The van der Waals surface area contributed by atoms with E-state index >= 15 is 0 Å². The highest BCUT2D eigenvalue weighted by Crippen LogP contribution is 2.26. The first-order chi connectivity index (χ1) is 11.9. The van der Waals surface area contributed by atoms with E-state index in [0.29, 0.717) is 18.5 Å². The van der Waals surface area contributed by atoms with Crippen LogP contribution in [0.15, 0.2) is 47.4 Å². The zero-order chi connectivity index (χ0) is 18.0. The fraction of sp³-hybridized carbons (Fsp3) is 0.316. The highest BCUT2D eigenvalue weighted by molar-refractivity contribution is 7.89. The number of aryl methyl sites for hydroxylation is 2. The van der Waals surface area contributed by atoms with Crippen LogP contribution in [0, 0.1) is 6.92 Å². The van der Waals surface area contributed by atoms with Crippen LogP contribution in [0.25, 0.3) is 0 Å². The summed E-state index contributed by atoms with van der Waals surface area (Å²) in [6, 6.07) is 12.3. The molecule has 0 spiro atoms. The van der Waals surface area contributed by atoms with Crippen LogP contribution in [-0.4, -0.2) is 14.3 Å². The lowest BCUT2D eigenvalue weighted by Gasteiger charge is -2.17. The van der Waals surface area contributed by atoms with Gasteiger partial charge in [0.15, 0.2) is 0 Å². The van der Waals surface area contributed by atoms with Crippen LogP contribution in [0.2, 0.25) is 0 Å². The summed E-state index contributed by atoms with van der Waals surface area (Å²) in [5.41, 5.74) is 3.56. The van der Waals surface area contributed by atoms with Crippen molar-refractivity contribution < 1.29 is 13.2 Å². The minimum atomic E-state index is -3.65. The van der Waals surface area contributed by atoms with Gasteiger partial charge in [-0.25, -0.2) is 13.1 Å². The number of hydrogen-bond acceptors (Lipinski definition) is 3. The summed E-state index contributed by atoms with van der Waals surface area (Å²) in [7, 11) is -3.65. The number of amides is 1. The molecule has 1 amide bonds. The van der Waals surface area contributed by atoms with E-state index in [2.05, 4.69) is 10.0 Å². The lowest BCUT2D eigenvalue weighted by molar-refractivity contribution is -0.116. The van der Waals surface area contributed by atoms with Gasteiger partial charge < -0.3 is 5.32 Å². The molecule has 3 rings (SSSR count). The minimum absolute atomic E-state index is 0.0272. The van der Waals surface area contributed by atoms with Gasteiger partial charge in [0.25, 0.3) is 0 Å². The van der Waals surface area contributed by atoms with E-state index in [1.165, 1.54) is 6.07 Å². The molecule has 6 heteroatoms. The Morgan fingerprint density at radius 3 is 2.64 bits per heavy atom. The molecule has 2 N–H and O–H groups in total. The van der Waals surface area contributed by atoms with Gasteiger partial charge in [0.1, 0.15) is 0 Å². The first-order valence-corrected chi connectivity index (χ1v) is 9.86. The second kappa shape index (κ2) is 6.98. The second-order valence-electron chi connectivity index (χ2n) is 6.42. The largest absolute Gasteiger partial charge is 0.326 e. The molecule has 2 aromatic carbocycles. The van der Waals surface area contributed by atoms with E-state index in [1.807, 2.05) is 38.1 Å². The predicted molar refractivity (Wildman–Crippen MR) is 97.9 cm³/mol. The van der Waals surface area contributed by atoms with Gasteiger partial charge in [0.2, 0.25) is 15.9 Å². The molecule has 0 aliphatic carbocycles. The maximum absolute atomic E-state index is 12.8. The summed E-state index contributed by atoms with van der Waals surface area (Å²) < 4.78 is 28.3. The predicted octanol–water partition coefficient (Wildman–Crippen LogP) is 3.31. The molecule has 0 saturated carbocycles. The number of hydrogen-bond donors (Lipinski definition) is 2. The zero-order valence-corrected chi connectivity index (χ0v) is 15.2. The Morgan fingerprint density at radius 1 is 1.12 bits per heavy atom. The van der Waals surface area contributed by atoms with Crippen molar-refractivity contribution in [2.45, 2.75) is 44.0 Å². The van der Waals surface area contributed by atoms with Gasteiger partial charge in [0.05, 0.1) is 4.90 Å². The van der Waals surface area contributed by atoms with Gasteiger partial charge in [-0.2, -0.15) is 0 Å². The average molecular weight is 358 g/mol. The third kappa shape index (κ3) is 3.91. The first kappa shape index (κ1) is 17.6. The average Bonchev–Trinajstić information content (AvgIpc) is 2.74. The number of fused-ring (bicyclic) bond motifs is 1. The summed E-state index contributed by atoms with van der Waals surface area (Å²) in [6.45, 7) is 3.80. The topological polar surface area (TPSA) is 75.3 Å². The van der Waals surface area contributed by atoms with Crippen molar-refractivity contribution in [1.29, 1.82) is 0 Å². The normalized spacial score (nSPS) is 15.8. The van der Waals surface area contributed by atoms with E-state index in [0.717, 1.165) is 23.1 Å². The van der Waals surface area contributed by atoms with Gasteiger partial charge in [-0.1, -0.05) is 24.3 Å². The standard InChI is InChI=1S/C19H22N2O3S/c1-13-6-3-4-8-17(13)14(2)21-25(23,24)16-10-11-18-15(12-16)7-5-9-19(22)20-18/h3-4,6,8,10-12,14,21H,5,7,9H2,1-2H3,(H,20,22). The molecule has 1 aliphatic rings. The Bertz CT molecular complexity index is 907. The maximum atomic E-state index is 12.8. The van der Waals surface area contributed by atoms with Crippen LogP contribution < -0.4 is 10.0 Å². The van der Waals surface area contributed by atoms with Crippen LogP contribution in [0.1, 0.15) is 42.5 Å². The number of nitrogens with one attached hydrogen (secondary N) is 2. The summed E-state index contributed by atoms with van der Waals surface area (Å²) in [4.78, 5) is 11.8. The van der Waals surface area contributed by atoms with E-state index in [1.54, 1.807) is 12.1 Å². The Labute approximate surface area is 148 Å². The fourth-order valence-electron chi connectivity index (χ4n) is 3.16. The van der Waals surface area contributed by atoms with E-state index in [-0.39, 0.29) is 16.8 Å². The lowest BCUT2D eigenvalue weighted by Crippen LogP contribution is -2.27. The smallest absolute Gasteiger partial charge is 0.241 e. The highest BCUT2D eigenvalue weighted by atomic mass is 32.2. The van der Waals surface area contributed by atoms with E-state index in [4.69, 9.17) is 0 Å². The number of carbonyl (C=O) groups is 1. The molecule has 25 heavy (non-hydrogen) atoms. The molecule has 1 heterocycles. The van der Waals surface area contributed by atoms with Crippen molar-refractivity contribution in [2.24, 2.45) is 0 Å². The molecule has 0 bridgehead atoms. The molecule has 0 fully saturated rings. The molecular formula is C19H22N2O3S. The summed E-state index contributed by atoms with van der Waals surface area (Å²) in [5.74, 6) is -0.0272. The molecule has 0 aromatic heterocycles. The van der Waals surface area contributed by atoms with Crippen molar-refractivity contribution in [3.8, 4) is 0 Å². The van der Waals surface area contributed by atoms with Crippen molar-refractivity contribution in [3.05, 3.63) is 59.2 Å². The summed E-state index contributed by atoms with van der Waals surface area (Å²) in [6.07, 6.45) is 1.86. The minimum Gasteiger partial charge on any atom is -0.326 e. The van der Waals surface area contributed by atoms with Crippen LogP contribution in [-0.2, 0) is 21.2 Å². The van der Waals surface area contributed by atoms with Crippen molar-refractivity contribution in [2.75, 3.05) is 5.32 Å². The molecule has 2 aromatic rings. The Morgan fingerprint density at radius 2 is 1.88 bits per heavy atom. The molecule has 0 radical (unpaired) electrons. The third-order valence-corrected chi connectivity index (χ3v) is 6.04. The molecule has 1 aliphatic heterocycles. The first-order valence-electron chi connectivity index (χ1n) is 8.37. The SMILES string of the molecule is Cc1ccccc1C(C)NS(=O)(=O)c1ccc2c(c1)CCCC(=O)N2. The number of rotatable bonds is 4.